The molecule has 1 aliphatic rings. The number of hydrogen-bond donors (Lipinski definition) is 2. The smallest absolute Gasteiger partial charge is 0.123 e. The molecular weight excluding hydrogens is 330 g/mol. The van der Waals surface area contributed by atoms with E-state index in [1.165, 1.54) is 40.8 Å². The van der Waals surface area contributed by atoms with E-state index in [0.29, 0.717) is 11.7 Å². The van der Waals surface area contributed by atoms with Gasteiger partial charge in [-0.3, -0.25) is 0 Å². The van der Waals surface area contributed by atoms with Gasteiger partial charge in [0.25, 0.3) is 0 Å². The molecule has 0 aromatic heterocycles. The third-order valence-corrected chi connectivity index (χ3v) is 5.35. The minimum absolute atomic E-state index is 0.403. The molecule has 0 saturated heterocycles. The van der Waals surface area contributed by atoms with Gasteiger partial charge in [-0.05, 0) is 80.2 Å². The minimum Gasteiger partial charge on any atom is -0.507 e. The number of phenolic OH excluding ortho intramolecular Hbond substituents is 1. The van der Waals surface area contributed by atoms with Gasteiger partial charge in [-0.25, -0.2) is 0 Å². The van der Waals surface area contributed by atoms with Crippen molar-refractivity contribution in [2.45, 2.75) is 73.1 Å². The Bertz CT molecular complexity index is 720. The highest BCUT2D eigenvalue weighted by atomic mass is 16.3. The maximum Gasteiger partial charge on any atom is 0.123 e. The van der Waals surface area contributed by atoms with Crippen LogP contribution in [0.1, 0.15) is 77.8 Å². The van der Waals surface area contributed by atoms with Crippen LogP contribution in [0.25, 0.3) is 5.57 Å². The molecule has 0 heterocycles. The van der Waals surface area contributed by atoms with E-state index in [0.717, 1.165) is 37.8 Å². The molecule has 1 aromatic carbocycles. The molecule has 0 amide bonds. The Hall–Kier alpha value is -1.96. The maximum atomic E-state index is 10.7. The first kappa shape index (κ1) is 21.3. The summed E-state index contributed by atoms with van der Waals surface area (Å²) in [5, 5.41) is 14.3. The van der Waals surface area contributed by atoms with Crippen LogP contribution in [0.3, 0.4) is 0 Å². The fourth-order valence-corrected chi connectivity index (χ4v) is 3.35. The molecule has 1 aliphatic carbocycles. The predicted molar refractivity (Wildman–Crippen MR) is 118 cm³/mol. The predicted octanol–water partition coefficient (Wildman–Crippen LogP) is 6.77. The van der Waals surface area contributed by atoms with Crippen molar-refractivity contribution < 1.29 is 5.11 Å². The van der Waals surface area contributed by atoms with Gasteiger partial charge in [-0.15, -0.1) is 0 Å². The fraction of sp³-hybridized carbons (Fsp3) is 0.520. The molecule has 148 valence electrons. The van der Waals surface area contributed by atoms with E-state index in [1.807, 2.05) is 6.07 Å². The number of nitrogens with one attached hydrogen (secondary N) is 1. The molecule has 2 nitrogen and oxygen atoms in total. The van der Waals surface area contributed by atoms with E-state index in [-0.39, 0.29) is 0 Å². The first-order valence-corrected chi connectivity index (χ1v) is 10.7. The molecule has 2 N–H and O–H groups in total. The van der Waals surface area contributed by atoms with Gasteiger partial charge in [0.2, 0.25) is 0 Å². The Morgan fingerprint density at radius 3 is 2.44 bits per heavy atom. The molecule has 1 saturated carbocycles. The van der Waals surface area contributed by atoms with Gasteiger partial charge in [0.15, 0.2) is 0 Å². The number of aryl methyl sites for hydroxylation is 1. The molecule has 1 fully saturated rings. The second-order valence-electron chi connectivity index (χ2n) is 7.58. The highest BCUT2D eigenvalue weighted by Crippen LogP contribution is 2.45. The first-order chi connectivity index (χ1) is 13.0. The summed E-state index contributed by atoms with van der Waals surface area (Å²) in [4.78, 5) is 0. The highest BCUT2D eigenvalue weighted by molar-refractivity contribution is 5.83. The van der Waals surface area contributed by atoms with Crippen molar-refractivity contribution >= 4 is 5.57 Å². The van der Waals surface area contributed by atoms with Crippen molar-refractivity contribution in [1.29, 1.82) is 0 Å². The largest absolute Gasteiger partial charge is 0.507 e. The van der Waals surface area contributed by atoms with Crippen molar-refractivity contribution in [2.24, 2.45) is 5.92 Å². The first-order valence-electron chi connectivity index (χ1n) is 10.7. The fourth-order valence-electron chi connectivity index (χ4n) is 3.35. The quantitative estimate of drug-likeness (QED) is 0.447. The lowest BCUT2D eigenvalue weighted by Gasteiger charge is -2.18. The Morgan fingerprint density at radius 2 is 1.93 bits per heavy atom. The van der Waals surface area contributed by atoms with Crippen LogP contribution < -0.4 is 5.32 Å². The van der Waals surface area contributed by atoms with Crippen molar-refractivity contribution in [1.82, 2.24) is 5.32 Å². The average molecular weight is 368 g/mol. The standard InChI is InChI=1S/C25H37NO/c1-6-10-21(22-14-11-19(9-4)16-25(22)27)23(20-12-13-20)17-24(18(5)8-3)26-15-7-2/h10-11,14,16-17,20,26-27H,6-9,12-13,15H2,1-5H3/b21-10-,23-17-,24-18+. The monoisotopic (exact) mass is 367 g/mol. The number of hydrogen-bond acceptors (Lipinski definition) is 2. The topological polar surface area (TPSA) is 32.3 Å². The van der Waals surface area contributed by atoms with Crippen molar-refractivity contribution in [3.05, 3.63) is 58.3 Å². The van der Waals surface area contributed by atoms with Gasteiger partial charge in [-0.1, -0.05) is 51.5 Å². The van der Waals surface area contributed by atoms with E-state index < -0.39 is 0 Å². The summed E-state index contributed by atoms with van der Waals surface area (Å²) in [6, 6.07) is 6.17. The zero-order chi connectivity index (χ0) is 19.8. The van der Waals surface area contributed by atoms with Gasteiger partial charge in [0.1, 0.15) is 5.75 Å². The second kappa shape index (κ2) is 10.4. The lowest BCUT2D eigenvalue weighted by atomic mass is 9.90. The van der Waals surface area contributed by atoms with Crippen molar-refractivity contribution in [3.8, 4) is 5.75 Å². The SMILES string of the molecule is CC\C=C(/C(=C\C(NCCC)=C(\C)CC)C1CC1)c1ccc(CC)cc1O. The summed E-state index contributed by atoms with van der Waals surface area (Å²) < 4.78 is 0. The molecule has 2 rings (SSSR count). The van der Waals surface area contributed by atoms with Crippen LogP contribution in [-0.4, -0.2) is 11.7 Å². The van der Waals surface area contributed by atoms with Gasteiger partial charge in [0.05, 0.1) is 0 Å². The van der Waals surface area contributed by atoms with Gasteiger partial charge >= 0.3 is 0 Å². The van der Waals surface area contributed by atoms with Gasteiger partial charge in [0, 0.05) is 17.8 Å². The van der Waals surface area contributed by atoms with E-state index in [1.54, 1.807) is 0 Å². The molecule has 0 aliphatic heterocycles. The van der Waals surface area contributed by atoms with Crippen LogP contribution in [0.4, 0.5) is 0 Å². The van der Waals surface area contributed by atoms with E-state index >= 15 is 0 Å². The Morgan fingerprint density at radius 1 is 1.19 bits per heavy atom. The van der Waals surface area contributed by atoms with Crippen LogP contribution in [0, 0.1) is 5.92 Å². The number of rotatable bonds is 10. The van der Waals surface area contributed by atoms with Crippen molar-refractivity contribution in [2.75, 3.05) is 6.54 Å². The van der Waals surface area contributed by atoms with Crippen LogP contribution in [0.15, 0.2) is 47.2 Å². The van der Waals surface area contributed by atoms with E-state index in [9.17, 15) is 5.11 Å². The van der Waals surface area contributed by atoms with E-state index in [4.69, 9.17) is 0 Å². The third kappa shape index (κ3) is 5.76. The minimum atomic E-state index is 0.403. The summed E-state index contributed by atoms with van der Waals surface area (Å²) in [5.74, 6) is 1.01. The molecule has 0 unspecified atom stereocenters. The second-order valence-corrected chi connectivity index (χ2v) is 7.58. The number of allylic oxidation sites excluding steroid dienone is 5. The molecule has 0 atom stereocenters. The molecule has 0 radical (unpaired) electrons. The number of phenols is 1. The summed E-state index contributed by atoms with van der Waals surface area (Å²) in [7, 11) is 0. The Balaban J connectivity index is 2.52. The van der Waals surface area contributed by atoms with Crippen LogP contribution >= 0.6 is 0 Å². The molecule has 27 heavy (non-hydrogen) atoms. The number of aromatic hydroxyl groups is 1. The summed E-state index contributed by atoms with van der Waals surface area (Å²) in [6.45, 7) is 11.9. The van der Waals surface area contributed by atoms with E-state index in [2.05, 4.69) is 64.2 Å². The number of benzene rings is 1. The van der Waals surface area contributed by atoms with Gasteiger partial charge in [-0.2, -0.15) is 0 Å². The van der Waals surface area contributed by atoms with Crippen molar-refractivity contribution in [3.63, 3.8) is 0 Å². The summed E-state index contributed by atoms with van der Waals surface area (Å²) in [5.41, 5.74) is 7.38. The van der Waals surface area contributed by atoms with Crippen LogP contribution in [0.2, 0.25) is 0 Å². The molecular formula is C25H37NO. The highest BCUT2D eigenvalue weighted by Gasteiger charge is 2.29. The third-order valence-electron chi connectivity index (χ3n) is 5.35. The summed E-state index contributed by atoms with van der Waals surface area (Å²) >= 11 is 0. The Labute approximate surface area is 166 Å². The molecule has 2 heteroatoms. The van der Waals surface area contributed by atoms with Crippen LogP contribution in [0.5, 0.6) is 5.75 Å². The lowest BCUT2D eigenvalue weighted by molar-refractivity contribution is 0.473. The summed E-state index contributed by atoms with van der Waals surface area (Å²) in [6.07, 6.45) is 11.2. The van der Waals surface area contributed by atoms with Crippen LogP contribution in [-0.2, 0) is 6.42 Å². The normalized spacial score (nSPS) is 16.3. The maximum absolute atomic E-state index is 10.7. The zero-order valence-corrected chi connectivity index (χ0v) is 17.9. The average Bonchev–Trinajstić information content (AvgIpc) is 3.51. The molecule has 1 aromatic rings. The zero-order valence-electron chi connectivity index (χ0n) is 17.9. The van der Waals surface area contributed by atoms with Gasteiger partial charge < -0.3 is 10.4 Å². The Kier molecular flexibility index (Phi) is 8.22. The molecule has 0 bridgehead atoms. The molecule has 0 spiro atoms. The lowest BCUT2D eigenvalue weighted by Crippen LogP contribution is -2.15.